The minimum atomic E-state index is -0.781. The molecule has 4 heteroatoms. The number of hydrogen-bond donors (Lipinski definition) is 1. The first-order valence-corrected chi connectivity index (χ1v) is 6.51. The van der Waals surface area contributed by atoms with Gasteiger partial charge in [0, 0.05) is 17.2 Å². The second kappa shape index (κ2) is 6.41. The van der Waals surface area contributed by atoms with Gasteiger partial charge in [0.25, 0.3) is 0 Å². The Balaban J connectivity index is 3.15. The standard InChI is InChI=1S/C14H21ClO3/c1-5-14(3,18-6-2)13(16)11-9-10(15)7-8-12(11)17-4/h7-9,13,16H,5-6H2,1-4H3. The number of rotatable bonds is 6. The van der Waals surface area contributed by atoms with Gasteiger partial charge in [0.2, 0.25) is 0 Å². The quantitative estimate of drug-likeness (QED) is 0.860. The zero-order valence-corrected chi connectivity index (χ0v) is 12.1. The Morgan fingerprint density at radius 2 is 2.06 bits per heavy atom. The zero-order valence-electron chi connectivity index (χ0n) is 11.4. The Bertz CT molecular complexity index is 395. The van der Waals surface area contributed by atoms with Crippen LogP contribution in [0.1, 0.15) is 38.9 Å². The number of aliphatic hydroxyl groups excluding tert-OH is 1. The maximum atomic E-state index is 10.5. The number of methoxy groups -OCH3 is 1. The minimum Gasteiger partial charge on any atom is -0.496 e. The highest BCUT2D eigenvalue weighted by Gasteiger charge is 2.34. The molecular formula is C14H21ClO3. The summed E-state index contributed by atoms with van der Waals surface area (Å²) in [5.74, 6) is 0.617. The molecule has 0 bridgehead atoms. The lowest BCUT2D eigenvalue weighted by Crippen LogP contribution is -2.35. The smallest absolute Gasteiger partial charge is 0.124 e. The van der Waals surface area contributed by atoms with Gasteiger partial charge in [-0.25, -0.2) is 0 Å². The van der Waals surface area contributed by atoms with E-state index in [1.807, 2.05) is 20.8 Å². The van der Waals surface area contributed by atoms with Crippen molar-refractivity contribution >= 4 is 11.6 Å². The monoisotopic (exact) mass is 272 g/mol. The molecule has 3 nitrogen and oxygen atoms in total. The third-order valence-corrected chi connectivity index (χ3v) is 3.48. The van der Waals surface area contributed by atoms with Gasteiger partial charge in [-0.05, 0) is 38.5 Å². The number of hydrogen-bond acceptors (Lipinski definition) is 3. The first-order valence-electron chi connectivity index (χ1n) is 6.14. The lowest BCUT2D eigenvalue weighted by molar-refractivity contribution is -0.113. The van der Waals surface area contributed by atoms with Gasteiger partial charge in [-0.1, -0.05) is 18.5 Å². The van der Waals surface area contributed by atoms with Crippen LogP contribution < -0.4 is 4.74 Å². The van der Waals surface area contributed by atoms with E-state index in [0.29, 0.717) is 29.4 Å². The van der Waals surface area contributed by atoms with E-state index in [2.05, 4.69) is 0 Å². The van der Waals surface area contributed by atoms with E-state index >= 15 is 0 Å². The number of ether oxygens (including phenoxy) is 2. The summed E-state index contributed by atoms with van der Waals surface area (Å²) >= 11 is 5.98. The molecule has 0 aliphatic carbocycles. The van der Waals surface area contributed by atoms with Gasteiger partial charge in [0.1, 0.15) is 11.9 Å². The Morgan fingerprint density at radius 3 is 2.56 bits per heavy atom. The van der Waals surface area contributed by atoms with Gasteiger partial charge in [-0.15, -0.1) is 0 Å². The van der Waals surface area contributed by atoms with Crippen molar-refractivity contribution < 1.29 is 14.6 Å². The predicted molar refractivity (Wildman–Crippen MR) is 73.3 cm³/mol. The first-order chi connectivity index (χ1) is 8.48. The van der Waals surface area contributed by atoms with Crippen LogP contribution in [0.2, 0.25) is 5.02 Å². The van der Waals surface area contributed by atoms with E-state index in [1.54, 1.807) is 25.3 Å². The van der Waals surface area contributed by atoms with Crippen LogP contribution in [0, 0.1) is 0 Å². The average molecular weight is 273 g/mol. The Morgan fingerprint density at radius 1 is 1.39 bits per heavy atom. The minimum absolute atomic E-state index is 0.546. The van der Waals surface area contributed by atoms with Gasteiger partial charge in [-0.3, -0.25) is 0 Å². The summed E-state index contributed by atoms with van der Waals surface area (Å²) in [5.41, 5.74) is 0.00925. The molecule has 0 spiro atoms. The third-order valence-electron chi connectivity index (χ3n) is 3.24. The van der Waals surface area contributed by atoms with Crippen LogP contribution >= 0.6 is 11.6 Å². The van der Waals surface area contributed by atoms with Crippen molar-refractivity contribution in [1.29, 1.82) is 0 Å². The summed E-state index contributed by atoms with van der Waals surface area (Å²) in [6.07, 6.45) is -0.0893. The first kappa shape index (κ1) is 15.3. The molecule has 0 amide bonds. The number of aliphatic hydroxyl groups is 1. The molecule has 0 aliphatic heterocycles. The Labute approximate surface area is 114 Å². The fourth-order valence-corrected chi connectivity index (χ4v) is 2.13. The molecule has 2 unspecified atom stereocenters. The Hall–Kier alpha value is -0.770. The SMILES string of the molecule is CCOC(C)(CC)C(O)c1cc(Cl)ccc1OC. The van der Waals surface area contributed by atoms with Gasteiger partial charge in [0.15, 0.2) is 0 Å². The molecule has 1 rings (SSSR count). The van der Waals surface area contributed by atoms with Crippen LogP contribution in [0.5, 0.6) is 5.75 Å². The van der Waals surface area contributed by atoms with Crippen LogP contribution in [0.15, 0.2) is 18.2 Å². The average Bonchev–Trinajstić information content (AvgIpc) is 2.38. The lowest BCUT2D eigenvalue weighted by Gasteiger charge is -2.34. The summed E-state index contributed by atoms with van der Waals surface area (Å²) in [7, 11) is 1.57. The zero-order chi connectivity index (χ0) is 13.8. The summed E-state index contributed by atoms with van der Waals surface area (Å²) < 4.78 is 11.0. The lowest BCUT2D eigenvalue weighted by atomic mass is 9.89. The van der Waals surface area contributed by atoms with Crippen molar-refractivity contribution in [2.24, 2.45) is 0 Å². The highest BCUT2D eigenvalue weighted by atomic mass is 35.5. The van der Waals surface area contributed by atoms with E-state index in [1.165, 1.54) is 0 Å². The molecular weight excluding hydrogens is 252 g/mol. The molecule has 0 heterocycles. The molecule has 0 aliphatic rings. The van der Waals surface area contributed by atoms with E-state index < -0.39 is 11.7 Å². The van der Waals surface area contributed by atoms with E-state index in [4.69, 9.17) is 21.1 Å². The van der Waals surface area contributed by atoms with Crippen LogP contribution in [0.3, 0.4) is 0 Å². The van der Waals surface area contributed by atoms with Gasteiger partial charge in [0.05, 0.1) is 12.7 Å². The molecule has 2 atom stereocenters. The molecule has 1 aromatic carbocycles. The summed E-state index contributed by atoms with van der Waals surface area (Å²) in [6.45, 7) is 6.33. The second-order valence-corrected chi connectivity index (χ2v) is 4.82. The van der Waals surface area contributed by atoms with Crippen LogP contribution in [0.4, 0.5) is 0 Å². The second-order valence-electron chi connectivity index (χ2n) is 4.39. The maximum absolute atomic E-state index is 10.5. The largest absolute Gasteiger partial charge is 0.496 e. The van der Waals surface area contributed by atoms with E-state index in [-0.39, 0.29) is 0 Å². The topological polar surface area (TPSA) is 38.7 Å². The van der Waals surface area contributed by atoms with Crippen molar-refractivity contribution in [3.8, 4) is 5.75 Å². The highest BCUT2D eigenvalue weighted by molar-refractivity contribution is 6.30. The molecule has 18 heavy (non-hydrogen) atoms. The molecule has 1 N–H and O–H groups in total. The summed E-state index contributed by atoms with van der Waals surface area (Å²) in [5, 5.41) is 11.1. The van der Waals surface area contributed by atoms with Crippen molar-refractivity contribution in [1.82, 2.24) is 0 Å². The molecule has 0 saturated carbocycles. The van der Waals surface area contributed by atoms with Crippen LogP contribution in [0.25, 0.3) is 0 Å². The fraction of sp³-hybridized carbons (Fsp3) is 0.571. The summed E-state index contributed by atoms with van der Waals surface area (Å²) in [6, 6.07) is 5.21. The maximum Gasteiger partial charge on any atom is 0.124 e. The van der Waals surface area contributed by atoms with E-state index in [0.717, 1.165) is 0 Å². The predicted octanol–water partition coefficient (Wildman–Crippen LogP) is 3.59. The van der Waals surface area contributed by atoms with Crippen molar-refractivity contribution in [2.45, 2.75) is 38.9 Å². The highest BCUT2D eigenvalue weighted by Crippen LogP contribution is 2.37. The van der Waals surface area contributed by atoms with Crippen LogP contribution in [-0.2, 0) is 4.74 Å². The van der Waals surface area contributed by atoms with E-state index in [9.17, 15) is 5.11 Å². The van der Waals surface area contributed by atoms with Crippen molar-refractivity contribution in [3.05, 3.63) is 28.8 Å². The van der Waals surface area contributed by atoms with Gasteiger partial charge >= 0.3 is 0 Å². The molecule has 0 radical (unpaired) electrons. The number of benzene rings is 1. The molecule has 102 valence electrons. The molecule has 1 aromatic rings. The van der Waals surface area contributed by atoms with Crippen molar-refractivity contribution in [3.63, 3.8) is 0 Å². The van der Waals surface area contributed by atoms with Gasteiger partial charge < -0.3 is 14.6 Å². The summed E-state index contributed by atoms with van der Waals surface area (Å²) in [4.78, 5) is 0. The van der Waals surface area contributed by atoms with Gasteiger partial charge in [-0.2, -0.15) is 0 Å². The molecule has 0 saturated heterocycles. The molecule has 0 aromatic heterocycles. The Kier molecular flexibility index (Phi) is 5.45. The van der Waals surface area contributed by atoms with Crippen molar-refractivity contribution in [2.75, 3.05) is 13.7 Å². The normalized spacial score (nSPS) is 16.1. The molecule has 0 fully saturated rings. The fourth-order valence-electron chi connectivity index (χ4n) is 1.95. The third kappa shape index (κ3) is 3.16. The van der Waals surface area contributed by atoms with Crippen LogP contribution in [-0.4, -0.2) is 24.4 Å². The number of halogens is 1.